The molecule has 35 heavy (non-hydrogen) atoms. The Balaban J connectivity index is 1.72. The third kappa shape index (κ3) is 4.11. The molecule has 0 atom stereocenters. The summed E-state index contributed by atoms with van der Waals surface area (Å²) in [5.41, 5.74) is 17.5. The number of anilines is 2. The molecule has 4 N–H and O–H groups in total. The van der Waals surface area contributed by atoms with Gasteiger partial charge in [-0.15, -0.1) is 0 Å². The molecule has 0 radical (unpaired) electrons. The maximum Gasteiger partial charge on any atom is 0.322 e. The maximum atomic E-state index is 15.3. The molecule has 0 aliphatic rings. The van der Waals surface area contributed by atoms with Crippen LogP contribution in [0.5, 0.6) is 11.8 Å². The molecule has 0 spiro atoms. The Morgan fingerprint density at radius 3 is 2.51 bits per heavy atom. The standard InChI is InChI=1S/C25H22FN7O2/c1-14-9-10-29-25(32-14)35-20-8-7-17(11-19(20)26)33-22(15-3-5-16(27)6-4-15)18(12-34-2)21-23(33)24(28)31-13-30-21/h3-11,13H,12,27H2,1-2H3,(H2,28,30,31). The van der Waals surface area contributed by atoms with Crippen molar-refractivity contribution in [3.63, 3.8) is 0 Å². The maximum absolute atomic E-state index is 15.3. The van der Waals surface area contributed by atoms with Crippen molar-refractivity contribution in [2.75, 3.05) is 18.6 Å². The summed E-state index contributed by atoms with van der Waals surface area (Å²) in [5.74, 6) is -0.351. The summed E-state index contributed by atoms with van der Waals surface area (Å²) in [6.07, 6.45) is 2.95. The third-order valence-electron chi connectivity index (χ3n) is 5.49. The highest BCUT2D eigenvalue weighted by atomic mass is 19.1. The number of fused-ring (bicyclic) bond motifs is 1. The average Bonchev–Trinajstić information content (AvgIpc) is 3.17. The first-order valence-electron chi connectivity index (χ1n) is 10.7. The van der Waals surface area contributed by atoms with Crippen molar-refractivity contribution < 1.29 is 13.9 Å². The molecule has 10 heteroatoms. The van der Waals surface area contributed by atoms with Gasteiger partial charge >= 0.3 is 6.01 Å². The van der Waals surface area contributed by atoms with Crippen LogP contribution in [0.1, 0.15) is 11.3 Å². The molecule has 176 valence electrons. The average molecular weight is 471 g/mol. The molecule has 3 aromatic heterocycles. The lowest BCUT2D eigenvalue weighted by atomic mass is 10.1. The molecule has 5 aromatic rings. The lowest BCUT2D eigenvalue weighted by molar-refractivity contribution is 0.186. The highest BCUT2D eigenvalue weighted by molar-refractivity contribution is 5.96. The molecule has 2 aromatic carbocycles. The predicted octanol–water partition coefficient (Wildman–Crippen LogP) is 4.43. The number of methoxy groups -OCH3 is 1. The van der Waals surface area contributed by atoms with Crippen LogP contribution in [0.3, 0.4) is 0 Å². The molecule has 9 nitrogen and oxygen atoms in total. The zero-order chi connectivity index (χ0) is 24.5. The fourth-order valence-corrected chi connectivity index (χ4v) is 3.96. The van der Waals surface area contributed by atoms with E-state index in [0.717, 1.165) is 16.8 Å². The van der Waals surface area contributed by atoms with Gasteiger partial charge in [-0.05, 0) is 42.8 Å². The monoisotopic (exact) mass is 471 g/mol. The van der Waals surface area contributed by atoms with E-state index in [9.17, 15) is 0 Å². The fourth-order valence-electron chi connectivity index (χ4n) is 3.96. The minimum Gasteiger partial charge on any atom is -0.421 e. The molecule has 0 aliphatic carbocycles. The van der Waals surface area contributed by atoms with Gasteiger partial charge in [-0.2, -0.15) is 0 Å². The first-order valence-corrected chi connectivity index (χ1v) is 10.7. The number of halogens is 1. The van der Waals surface area contributed by atoms with E-state index in [1.54, 1.807) is 44.5 Å². The Morgan fingerprint density at radius 2 is 1.80 bits per heavy atom. The van der Waals surface area contributed by atoms with Crippen molar-refractivity contribution in [2.24, 2.45) is 0 Å². The van der Waals surface area contributed by atoms with Gasteiger partial charge in [0.1, 0.15) is 17.4 Å². The van der Waals surface area contributed by atoms with Crippen molar-refractivity contribution in [2.45, 2.75) is 13.5 Å². The minimum atomic E-state index is -0.596. The predicted molar refractivity (Wildman–Crippen MR) is 131 cm³/mol. The molecule has 3 heterocycles. The first-order chi connectivity index (χ1) is 17.0. The lowest BCUT2D eigenvalue weighted by Gasteiger charge is -2.14. The quantitative estimate of drug-likeness (QED) is 0.348. The Hall–Kier alpha value is -4.57. The largest absolute Gasteiger partial charge is 0.421 e. The smallest absolute Gasteiger partial charge is 0.322 e. The highest BCUT2D eigenvalue weighted by Gasteiger charge is 2.24. The van der Waals surface area contributed by atoms with Gasteiger partial charge in [0.15, 0.2) is 17.4 Å². The van der Waals surface area contributed by atoms with E-state index >= 15 is 4.39 Å². The normalized spacial score (nSPS) is 11.2. The second-order valence-electron chi connectivity index (χ2n) is 7.87. The van der Waals surface area contributed by atoms with Gasteiger partial charge in [-0.25, -0.2) is 24.3 Å². The summed E-state index contributed by atoms with van der Waals surface area (Å²) in [7, 11) is 1.60. The second-order valence-corrected chi connectivity index (χ2v) is 7.87. The summed E-state index contributed by atoms with van der Waals surface area (Å²) in [6.45, 7) is 2.06. The van der Waals surface area contributed by atoms with Crippen LogP contribution >= 0.6 is 0 Å². The molecular weight excluding hydrogens is 449 g/mol. The Morgan fingerprint density at radius 1 is 1.00 bits per heavy atom. The van der Waals surface area contributed by atoms with Crippen molar-refractivity contribution in [3.05, 3.63) is 78.1 Å². The first kappa shape index (κ1) is 22.2. The summed E-state index contributed by atoms with van der Waals surface area (Å²) >= 11 is 0. The molecule has 0 bridgehead atoms. The number of aromatic nitrogens is 5. The van der Waals surface area contributed by atoms with E-state index in [1.165, 1.54) is 18.5 Å². The minimum absolute atomic E-state index is 0.00816. The zero-order valence-corrected chi connectivity index (χ0v) is 19.1. The van der Waals surface area contributed by atoms with Crippen LogP contribution in [0, 0.1) is 12.7 Å². The van der Waals surface area contributed by atoms with Crippen LogP contribution in [0.2, 0.25) is 0 Å². The van der Waals surface area contributed by atoms with Crippen LogP contribution in [0.4, 0.5) is 15.9 Å². The number of ether oxygens (including phenoxy) is 2. The lowest BCUT2D eigenvalue weighted by Crippen LogP contribution is -2.03. The fraction of sp³-hybridized carbons (Fsp3) is 0.120. The molecule has 0 aliphatic heterocycles. The van der Waals surface area contributed by atoms with Crippen LogP contribution in [0.25, 0.3) is 28.0 Å². The number of nitrogens with two attached hydrogens (primary N) is 2. The van der Waals surface area contributed by atoms with Gasteiger partial charge in [0, 0.05) is 42.0 Å². The SMILES string of the molecule is COCc1c(-c2ccc(N)cc2)n(-c2ccc(Oc3nccc(C)n3)c(F)c2)c2c(N)ncnc12. The van der Waals surface area contributed by atoms with Crippen LogP contribution < -0.4 is 16.2 Å². The molecular formula is C25H22FN7O2. The molecule has 0 saturated carbocycles. The number of nitrogens with zero attached hydrogens (tertiary/aromatic N) is 5. The van der Waals surface area contributed by atoms with Crippen molar-refractivity contribution in [3.8, 4) is 28.7 Å². The van der Waals surface area contributed by atoms with E-state index in [4.69, 9.17) is 20.9 Å². The number of nitrogen functional groups attached to an aromatic ring is 2. The topological polar surface area (TPSA) is 127 Å². The number of aryl methyl sites for hydroxylation is 1. The molecule has 0 amide bonds. The van der Waals surface area contributed by atoms with Gasteiger partial charge < -0.3 is 25.5 Å². The van der Waals surface area contributed by atoms with Crippen molar-refractivity contribution in [1.82, 2.24) is 24.5 Å². The van der Waals surface area contributed by atoms with Gasteiger partial charge in [0.2, 0.25) is 0 Å². The second kappa shape index (κ2) is 8.99. The number of benzene rings is 2. The van der Waals surface area contributed by atoms with Gasteiger partial charge in [-0.1, -0.05) is 12.1 Å². The number of hydrogen-bond acceptors (Lipinski definition) is 8. The third-order valence-corrected chi connectivity index (χ3v) is 5.49. The molecule has 0 unspecified atom stereocenters. The van der Waals surface area contributed by atoms with Crippen molar-refractivity contribution >= 4 is 22.5 Å². The van der Waals surface area contributed by atoms with E-state index in [1.807, 2.05) is 16.7 Å². The molecule has 5 rings (SSSR count). The van der Waals surface area contributed by atoms with E-state index < -0.39 is 5.82 Å². The van der Waals surface area contributed by atoms with Crippen LogP contribution in [-0.4, -0.2) is 31.6 Å². The molecule has 0 fully saturated rings. The molecule has 0 saturated heterocycles. The Kier molecular flexibility index (Phi) is 5.71. The van der Waals surface area contributed by atoms with E-state index in [-0.39, 0.29) is 24.2 Å². The van der Waals surface area contributed by atoms with Crippen molar-refractivity contribution in [1.29, 1.82) is 0 Å². The summed E-state index contributed by atoms with van der Waals surface area (Å²) in [5, 5.41) is 0. The van der Waals surface area contributed by atoms with Crippen LogP contribution in [0.15, 0.2) is 61.1 Å². The Labute approximate surface area is 200 Å². The number of rotatable bonds is 6. The summed E-state index contributed by atoms with van der Waals surface area (Å²) < 4.78 is 28.1. The van der Waals surface area contributed by atoms with E-state index in [0.29, 0.717) is 28.1 Å². The van der Waals surface area contributed by atoms with Crippen LogP contribution in [-0.2, 0) is 11.3 Å². The summed E-state index contributed by atoms with van der Waals surface area (Å²) in [6, 6.07) is 13.7. The summed E-state index contributed by atoms with van der Waals surface area (Å²) in [4.78, 5) is 16.8. The Bertz CT molecular complexity index is 1530. The number of hydrogen-bond donors (Lipinski definition) is 2. The highest BCUT2D eigenvalue weighted by Crippen LogP contribution is 2.38. The zero-order valence-electron chi connectivity index (χ0n) is 19.1. The van der Waals surface area contributed by atoms with E-state index in [2.05, 4.69) is 19.9 Å². The van der Waals surface area contributed by atoms with Gasteiger partial charge in [0.05, 0.1) is 12.3 Å². The van der Waals surface area contributed by atoms with Gasteiger partial charge in [-0.3, -0.25) is 0 Å². The van der Waals surface area contributed by atoms with Gasteiger partial charge in [0.25, 0.3) is 0 Å².